The quantitative estimate of drug-likeness (QED) is 0.266. The van der Waals surface area contributed by atoms with Gasteiger partial charge in [0.1, 0.15) is 5.82 Å². The average molecular weight is 529 g/mol. The summed E-state index contributed by atoms with van der Waals surface area (Å²) in [5, 5.41) is 0.770. The van der Waals surface area contributed by atoms with Crippen molar-refractivity contribution in [2.45, 2.75) is 31.2 Å². The van der Waals surface area contributed by atoms with Crippen LogP contribution in [0.25, 0.3) is 0 Å². The van der Waals surface area contributed by atoms with Crippen LogP contribution in [0.3, 0.4) is 0 Å². The Hall–Kier alpha value is -2.30. The molecular formula is C29H32Cl3N3. The first-order valence-electron chi connectivity index (χ1n) is 11.7. The molecule has 0 spiro atoms. The van der Waals surface area contributed by atoms with Crippen LogP contribution in [-0.4, -0.2) is 27.5 Å². The molecule has 0 saturated carbocycles. The topological polar surface area (TPSA) is 21.1 Å². The van der Waals surface area contributed by atoms with Crippen molar-refractivity contribution in [1.82, 2.24) is 14.5 Å². The van der Waals surface area contributed by atoms with E-state index >= 15 is 0 Å². The Kier molecular flexibility index (Phi) is 9.43. The van der Waals surface area contributed by atoms with Gasteiger partial charge in [0.2, 0.25) is 0 Å². The lowest BCUT2D eigenvalue weighted by Gasteiger charge is -2.42. The van der Waals surface area contributed by atoms with Crippen molar-refractivity contribution in [2.75, 3.05) is 13.1 Å². The highest BCUT2D eigenvalue weighted by molar-refractivity contribution is 6.30. The molecular weight excluding hydrogens is 497 g/mol. The number of aromatic nitrogens is 2. The summed E-state index contributed by atoms with van der Waals surface area (Å²) < 4.78 is 2.16. The molecule has 6 heteroatoms. The Balaban J connectivity index is 0.00000171. The molecule has 0 atom stereocenters. The lowest BCUT2D eigenvalue weighted by atomic mass is 9.68. The first-order valence-corrected chi connectivity index (χ1v) is 12.1. The average Bonchev–Trinajstić information content (AvgIpc) is 3.20. The predicted octanol–water partition coefficient (Wildman–Crippen LogP) is 7.09. The molecule has 1 saturated heterocycles. The molecule has 0 bridgehead atoms. The second-order valence-electron chi connectivity index (χ2n) is 9.15. The summed E-state index contributed by atoms with van der Waals surface area (Å²) in [4.78, 5) is 7.52. The number of halogens is 3. The third kappa shape index (κ3) is 6.10. The molecule has 3 aromatic carbocycles. The number of piperidine rings is 1. The van der Waals surface area contributed by atoms with Gasteiger partial charge in [-0.2, -0.15) is 0 Å². The first-order chi connectivity index (χ1) is 16.1. The Bertz CT molecular complexity index is 1140. The maximum absolute atomic E-state index is 6.03. The van der Waals surface area contributed by atoms with Crippen LogP contribution in [-0.2, 0) is 25.4 Å². The monoisotopic (exact) mass is 527 g/mol. The van der Waals surface area contributed by atoms with Gasteiger partial charge in [-0.1, -0.05) is 84.4 Å². The molecule has 0 unspecified atom stereocenters. The van der Waals surface area contributed by atoms with E-state index in [9.17, 15) is 0 Å². The van der Waals surface area contributed by atoms with E-state index in [1.807, 2.05) is 12.1 Å². The minimum atomic E-state index is 0. The summed E-state index contributed by atoms with van der Waals surface area (Å²) in [5.41, 5.74) is 5.32. The number of likely N-dealkylation sites (tertiary alicyclic amines) is 1. The maximum atomic E-state index is 6.03. The maximum Gasteiger partial charge on any atom is 0.113 e. The second kappa shape index (κ2) is 12.1. The van der Waals surface area contributed by atoms with Crippen LogP contribution in [0.15, 0.2) is 91.1 Å². The van der Waals surface area contributed by atoms with Gasteiger partial charge in [0.05, 0.1) is 5.69 Å². The molecule has 0 N–H and O–H groups in total. The van der Waals surface area contributed by atoms with Gasteiger partial charge in [0.25, 0.3) is 0 Å². The van der Waals surface area contributed by atoms with E-state index in [-0.39, 0.29) is 30.2 Å². The zero-order valence-electron chi connectivity index (χ0n) is 19.9. The van der Waals surface area contributed by atoms with E-state index in [0.29, 0.717) is 0 Å². The Labute approximate surface area is 226 Å². The third-order valence-electron chi connectivity index (χ3n) is 7.05. The van der Waals surface area contributed by atoms with Gasteiger partial charge in [-0.15, -0.1) is 24.8 Å². The number of hydrogen-bond acceptors (Lipinski definition) is 2. The third-order valence-corrected chi connectivity index (χ3v) is 7.30. The van der Waals surface area contributed by atoms with Crippen LogP contribution in [0.1, 0.15) is 41.1 Å². The fourth-order valence-corrected chi connectivity index (χ4v) is 5.30. The van der Waals surface area contributed by atoms with Crippen LogP contribution in [0.4, 0.5) is 0 Å². The zero-order valence-corrected chi connectivity index (χ0v) is 22.3. The fraction of sp³-hybridized carbons (Fsp3) is 0.276. The van der Waals surface area contributed by atoms with Crippen molar-refractivity contribution in [1.29, 1.82) is 0 Å². The molecule has 1 fully saturated rings. The normalized spacial score (nSPS) is 15.1. The minimum absolute atomic E-state index is 0. The van der Waals surface area contributed by atoms with Crippen LogP contribution >= 0.6 is 36.4 Å². The number of rotatable bonds is 6. The highest BCUT2D eigenvalue weighted by Crippen LogP contribution is 2.41. The molecule has 184 valence electrons. The highest BCUT2D eigenvalue weighted by atomic mass is 35.5. The number of hydrogen-bond donors (Lipinski definition) is 0. The van der Waals surface area contributed by atoms with Gasteiger partial charge in [0.15, 0.2) is 0 Å². The van der Waals surface area contributed by atoms with E-state index in [0.717, 1.165) is 55.4 Å². The molecule has 4 aromatic rings. The summed E-state index contributed by atoms with van der Waals surface area (Å²) in [6, 6.07) is 30.1. The summed E-state index contributed by atoms with van der Waals surface area (Å²) in [6.45, 7) is 3.02. The van der Waals surface area contributed by atoms with Crippen LogP contribution in [0.2, 0.25) is 5.02 Å². The number of imidazole rings is 1. The number of benzene rings is 3. The summed E-state index contributed by atoms with van der Waals surface area (Å²) in [7, 11) is 2.09. The van der Waals surface area contributed by atoms with Gasteiger partial charge in [-0.3, -0.25) is 4.90 Å². The van der Waals surface area contributed by atoms with Crippen molar-refractivity contribution in [3.05, 3.63) is 124 Å². The molecule has 0 radical (unpaired) electrons. The second-order valence-corrected chi connectivity index (χ2v) is 9.59. The van der Waals surface area contributed by atoms with Crippen molar-refractivity contribution in [2.24, 2.45) is 7.05 Å². The van der Waals surface area contributed by atoms with Crippen molar-refractivity contribution in [3.8, 4) is 0 Å². The molecule has 3 nitrogen and oxygen atoms in total. The van der Waals surface area contributed by atoms with Gasteiger partial charge in [-0.25, -0.2) is 4.98 Å². The highest BCUT2D eigenvalue weighted by Gasteiger charge is 2.37. The minimum Gasteiger partial charge on any atom is -0.337 e. The molecule has 5 rings (SSSR count). The molecule has 0 amide bonds. The van der Waals surface area contributed by atoms with Crippen LogP contribution in [0, 0.1) is 0 Å². The van der Waals surface area contributed by atoms with E-state index in [2.05, 4.69) is 95.5 Å². The largest absolute Gasteiger partial charge is 0.337 e. The lowest BCUT2D eigenvalue weighted by Crippen LogP contribution is -2.43. The smallest absolute Gasteiger partial charge is 0.113 e. The summed E-state index contributed by atoms with van der Waals surface area (Å²) in [6.07, 6.45) is 5.23. The Morgan fingerprint density at radius 1 is 0.800 bits per heavy atom. The fourth-order valence-electron chi connectivity index (χ4n) is 5.18. The van der Waals surface area contributed by atoms with Crippen LogP contribution in [0.5, 0.6) is 0 Å². The van der Waals surface area contributed by atoms with E-state index in [4.69, 9.17) is 16.6 Å². The van der Waals surface area contributed by atoms with E-state index in [1.165, 1.54) is 16.7 Å². The predicted molar refractivity (Wildman–Crippen MR) is 150 cm³/mol. The zero-order chi connectivity index (χ0) is 22.7. The van der Waals surface area contributed by atoms with Gasteiger partial charge in [0, 0.05) is 36.6 Å². The number of aryl methyl sites for hydroxylation is 1. The standard InChI is InChI=1S/C29H30ClN3.2ClH/c1-32-21-27(31-28(32)20-23-12-14-26(30)15-13-23)22-33-18-16-29(17-19-33,24-8-4-2-5-9-24)25-10-6-3-7-11-25;;/h2-15,21H,16-20,22H2,1H3;2*1H. The Morgan fingerprint density at radius 2 is 1.34 bits per heavy atom. The number of nitrogens with zero attached hydrogens (tertiary/aromatic N) is 3. The van der Waals surface area contributed by atoms with E-state index in [1.54, 1.807) is 0 Å². The molecule has 1 aliphatic rings. The molecule has 1 aromatic heterocycles. The van der Waals surface area contributed by atoms with E-state index < -0.39 is 0 Å². The lowest BCUT2D eigenvalue weighted by molar-refractivity contribution is 0.170. The SMILES string of the molecule is Cl.Cl.Cn1cc(CN2CCC(c3ccccc3)(c3ccccc3)CC2)nc1Cc1ccc(Cl)cc1. The summed E-state index contributed by atoms with van der Waals surface area (Å²) >= 11 is 6.03. The molecule has 2 heterocycles. The van der Waals surface area contributed by atoms with Gasteiger partial charge < -0.3 is 4.57 Å². The molecule has 0 aliphatic carbocycles. The van der Waals surface area contributed by atoms with Gasteiger partial charge >= 0.3 is 0 Å². The Morgan fingerprint density at radius 3 is 1.89 bits per heavy atom. The van der Waals surface area contributed by atoms with Crippen molar-refractivity contribution >= 4 is 36.4 Å². The van der Waals surface area contributed by atoms with Crippen LogP contribution < -0.4 is 0 Å². The molecule has 35 heavy (non-hydrogen) atoms. The first kappa shape index (κ1) is 27.3. The summed E-state index contributed by atoms with van der Waals surface area (Å²) in [5.74, 6) is 1.09. The van der Waals surface area contributed by atoms with Crippen molar-refractivity contribution < 1.29 is 0 Å². The van der Waals surface area contributed by atoms with Crippen molar-refractivity contribution in [3.63, 3.8) is 0 Å². The molecule has 1 aliphatic heterocycles. The van der Waals surface area contributed by atoms with Gasteiger partial charge in [-0.05, 0) is 54.8 Å².